The van der Waals surface area contributed by atoms with Crippen molar-refractivity contribution in [1.29, 1.82) is 0 Å². The molecule has 4 aliphatic carbocycles. The van der Waals surface area contributed by atoms with Gasteiger partial charge in [-0.3, -0.25) is 4.79 Å². The first-order chi connectivity index (χ1) is 14.2. The molecule has 8 atom stereocenters. The van der Waals surface area contributed by atoms with Crippen LogP contribution in [0.5, 0.6) is 0 Å². The Balaban J connectivity index is 1.60. The largest absolute Gasteiger partial charge is 0.481 e. The molecule has 164 valence electrons. The maximum absolute atomic E-state index is 12.0. The number of allylic oxidation sites excluding steroid dienone is 2. The minimum atomic E-state index is -0.696. The van der Waals surface area contributed by atoms with Gasteiger partial charge in [0, 0.05) is 23.5 Å². The molecule has 0 aromatic heterocycles. The molecule has 0 bridgehead atoms. The van der Waals surface area contributed by atoms with E-state index in [0.717, 1.165) is 36.8 Å². The summed E-state index contributed by atoms with van der Waals surface area (Å²) in [7, 11) is 0. The monoisotopic (exact) mass is 412 g/mol. The summed E-state index contributed by atoms with van der Waals surface area (Å²) in [5.41, 5.74) is 2.10. The number of hydrogen-bond donors (Lipinski definition) is 1. The number of carbonyl (C=O) groups is 1. The Kier molecular flexibility index (Phi) is 5.62. The van der Waals surface area contributed by atoms with Crippen molar-refractivity contribution >= 4 is 17.9 Å². The summed E-state index contributed by atoms with van der Waals surface area (Å²) in [4.78, 5) is 34.4. The van der Waals surface area contributed by atoms with Gasteiger partial charge in [-0.25, -0.2) is 9.59 Å². The second-order valence-corrected chi connectivity index (χ2v) is 11.3. The van der Waals surface area contributed by atoms with Crippen LogP contribution >= 0.6 is 0 Å². The lowest BCUT2D eigenvalue weighted by atomic mass is 9.43. The van der Waals surface area contributed by atoms with Crippen molar-refractivity contribution in [3.63, 3.8) is 0 Å². The van der Waals surface area contributed by atoms with Gasteiger partial charge in [0.2, 0.25) is 0 Å². The Bertz CT molecular complexity index is 817. The fraction of sp³-hybridized carbons (Fsp3) is 0.808. The lowest BCUT2D eigenvalue weighted by molar-refractivity contribution is -0.137. The molecule has 1 N–H and O–H groups in total. The van der Waals surface area contributed by atoms with Crippen LogP contribution in [0.15, 0.2) is 11.1 Å². The Labute approximate surface area is 180 Å². The van der Waals surface area contributed by atoms with E-state index in [2.05, 4.69) is 32.7 Å². The highest BCUT2D eigenvalue weighted by atomic mass is 16.4. The lowest BCUT2D eigenvalue weighted by Gasteiger charge is -2.60. The van der Waals surface area contributed by atoms with E-state index < -0.39 is 5.97 Å². The molecule has 0 heterocycles. The van der Waals surface area contributed by atoms with E-state index in [9.17, 15) is 14.4 Å². The van der Waals surface area contributed by atoms with E-state index in [4.69, 9.17) is 5.11 Å². The predicted octanol–water partition coefficient (Wildman–Crippen LogP) is 5.27. The summed E-state index contributed by atoms with van der Waals surface area (Å²) in [5, 5.41) is 9.12. The Hall–Kier alpha value is -1.63. The summed E-state index contributed by atoms with van der Waals surface area (Å²) in [6.45, 7) is 7.07. The quantitative estimate of drug-likeness (QED) is 0.638. The average molecular weight is 413 g/mol. The van der Waals surface area contributed by atoms with Crippen LogP contribution in [-0.2, 0) is 14.4 Å². The van der Waals surface area contributed by atoms with Gasteiger partial charge >= 0.3 is 5.97 Å². The number of rotatable bonds is 4. The van der Waals surface area contributed by atoms with Crippen LogP contribution in [0, 0.1) is 46.3 Å². The van der Waals surface area contributed by atoms with Crippen LogP contribution in [-0.4, -0.2) is 23.0 Å². The third kappa shape index (κ3) is 3.24. The predicted molar refractivity (Wildman–Crippen MR) is 115 cm³/mol. The number of carboxylic acid groups (broad SMARTS) is 1. The summed E-state index contributed by atoms with van der Waals surface area (Å²) in [5.74, 6) is 6.68. The van der Waals surface area contributed by atoms with Gasteiger partial charge in [0.25, 0.3) is 0 Å². The van der Waals surface area contributed by atoms with E-state index in [-0.39, 0.29) is 23.2 Å². The third-order valence-corrected chi connectivity index (χ3v) is 10.2. The number of carboxylic acids is 1. The van der Waals surface area contributed by atoms with Crippen LogP contribution < -0.4 is 0 Å². The molecule has 4 heteroatoms. The zero-order valence-electron chi connectivity index (χ0n) is 18.7. The Morgan fingerprint density at radius 2 is 1.80 bits per heavy atom. The summed E-state index contributed by atoms with van der Waals surface area (Å²) in [6.07, 6.45) is 9.15. The Morgan fingerprint density at radius 1 is 1.07 bits per heavy atom. The van der Waals surface area contributed by atoms with Crippen molar-refractivity contribution in [3.05, 3.63) is 11.1 Å². The second-order valence-electron chi connectivity index (χ2n) is 11.3. The van der Waals surface area contributed by atoms with E-state index in [1.165, 1.54) is 25.7 Å². The normalized spacial score (nSPS) is 43.6. The molecule has 0 spiro atoms. The van der Waals surface area contributed by atoms with E-state index in [0.29, 0.717) is 36.0 Å². The minimum Gasteiger partial charge on any atom is -0.481 e. The van der Waals surface area contributed by atoms with E-state index in [1.54, 1.807) is 0 Å². The number of hydrogen-bond acceptors (Lipinski definition) is 3. The average Bonchev–Trinajstić information content (AvgIpc) is 3.08. The van der Waals surface area contributed by atoms with Gasteiger partial charge in [-0.05, 0) is 98.2 Å². The van der Waals surface area contributed by atoms with Crippen LogP contribution in [0.3, 0.4) is 0 Å². The fourth-order valence-electron chi connectivity index (χ4n) is 8.66. The first-order valence-electron chi connectivity index (χ1n) is 11.9. The van der Waals surface area contributed by atoms with Crippen molar-refractivity contribution in [1.82, 2.24) is 0 Å². The van der Waals surface area contributed by atoms with Crippen molar-refractivity contribution in [2.75, 3.05) is 0 Å². The van der Waals surface area contributed by atoms with Crippen molar-refractivity contribution in [2.24, 2.45) is 46.3 Å². The topological polar surface area (TPSA) is 71.4 Å². The van der Waals surface area contributed by atoms with Gasteiger partial charge < -0.3 is 5.11 Å². The maximum atomic E-state index is 12.0. The molecule has 4 rings (SSSR count). The third-order valence-electron chi connectivity index (χ3n) is 10.2. The molecule has 0 radical (unpaired) electrons. The number of fused-ring (bicyclic) bond motifs is 5. The molecule has 0 aromatic carbocycles. The maximum Gasteiger partial charge on any atom is 0.303 e. The first kappa shape index (κ1) is 21.6. The van der Waals surface area contributed by atoms with Crippen LogP contribution in [0.2, 0.25) is 0 Å². The van der Waals surface area contributed by atoms with Gasteiger partial charge in [-0.2, -0.15) is 0 Å². The molecule has 0 aromatic rings. The minimum absolute atomic E-state index is 0.0876. The lowest BCUT2D eigenvalue weighted by Crippen LogP contribution is -2.54. The summed E-state index contributed by atoms with van der Waals surface area (Å²) < 4.78 is 0. The zero-order valence-corrected chi connectivity index (χ0v) is 18.7. The SMILES string of the molecule is CC(CCC(=O)O)[C@H]1CC[C@H]2[C@@H]3CC(=C=O)[C@@H]4CC(=C=O)CC[C@]4(C)[C@H]3CC[C@]12C. The van der Waals surface area contributed by atoms with Crippen molar-refractivity contribution in [3.8, 4) is 0 Å². The summed E-state index contributed by atoms with van der Waals surface area (Å²) in [6, 6.07) is 0. The van der Waals surface area contributed by atoms with Gasteiger partial charge in [-0.15, -0.1) is 0 Å². The summed E-state index contributed by atoms with van der Waals surface area (Å²) >= 11 is 0. The highest BCUT2D eigenvalue weighted by molar-refractivity contribution is 5.66. The molecule has 0 amide bonds. The Morgan fingerprint density at radius 3 is 2.47 bits per heavy atom. The van der Waals surface area contributed by atoms with Crippen LogP contribution in [0.4, 0.5) is 0 Å². The van der Waals surface area contributed by atoms with Gasteiger partial charge in [0.1, 0.15) is 11.9 Å². The molecular weight excluding hydrogens is 376 g/mol. The molecule has 0 aliphatic heterocycles. The van der Waals surface area contributed by atoms with Crippen LogP contribution in [0.1, 0.15) is 85.0 Å². The molecular formula is C26H36O4. The van der Waals surface area contributed by atoms with Crippen molar-refractivity contribution < 1.29 is 19.5 Å². The van der Waals surface area contributed by atoms with Gasteiger partial charge in [-0.1, -0.05) is 20.8 Å². The number of aliphatic carboxylic acids is 1. The fourth-order valence-corrected chi connectivity index (χ4v) is 8.66. The molecule has 4 saturated carbocycles. The van der Waals surface area contributed by atoms with Gasteiger partial charge in [0.15, 0.2) is 0 Å². The standard InChI is InChI=1S/C26H36O4/c1-16(4-7-24(29)30)20-5-6-21-19-13-18(15-28)23-12-17(14-27)8-10-26(23,3)22(19)9-11-25(20,21)2/h16,19-23H,4-13H2,1-3H3,(H,29,30)/t16?,19-,20+,21-,22-,23-,25+,26+/m0/s1. The number of carbonyl (C=O) groups excluding carboxylic acids is 2. The highest BCUT2D eigenvalue weighted by Crippen LogP contribution is 2.69. The van der Waals surface area contributed by atoms with Crippen molar-refractivity contribution in [2.45, 2.75) is 85.0 Å². The van der Waals surface area contributed by atoms with Crippen LogP contribution in [0.25, 0.3) is 0 Å². The van der Waals surface area contributed by atoms with E-state index in [1.807, 2.05) is 0 Å². The molecule has 4 fully saturated rings. The molecule has 30 heavy (non-hydrogen) atoms. The molecule has 0 saturated heterocycles. The molecule has 4 aliphatic rings. The highest BCUT2D eigenvalue weighted by Gasteiger charge is 2.61. The first-order valence-corrected chi connectivity index (χ1v) is 11.9. The zero-order chi connectivity index (χ0) is 21.7. The van der Waals surface area contributed by atoms with E-state index >= 15 is 0 Å². The molecule has 1 unspecified atom stereocenters. The smallest absolute Gasteiger partial charge is 0.303 e. The molecule has 4 nitrogen and oxygen atoms in total. The van der Waals surface area contributed by atoms with Gasteiger partial charge in [0.05, 0.1) is 0 Å². The second kappa shape index (κ2) is 7.81.